The number of aromatic nitrogens is 1. The molecule has 1 heterocycles. The Morgan fingerprint density at radius 3 is 2.48 bits per heavy atom. The second-order valence-corrected chi connectivity index (χ2v) is 9.02. The van der Waals surface area contributed by atoms with Crippen LogP contribution in [0.4, 0.5) is 0 Å². The third-order valence-corrected chi connectivity index (χ3v) is 5.99. The second-order valence-electron chi connectivity index (χ2n) is 9.02. The Morgan fingerprint density at radius 2 is 1.87 bits per heavy atom. The molecule has 170 valence electrons. The molecule has 2 rings (SSSR count). The fraction of sp³-hybridized carbons (Fsp3) is 0.640. The maximum Gasteiger partial charge on any atom is 0.349 e. The molecule has 0 aromatic carbocycles. The minimum atomic E-state index is -0.762. The lowest BCUT2D eigenvalue weighted by Crippen LogP contribution is -2.38. The summed E-state index contributed by atoms with van der Waals surface area (Å²) < 4.78 is 7.34. The molecule has 1 aromatic rings. The molecule has 1 fully saturated rings. The van der Waals surface area contributed by atoms with Crippen LogP contribution in [-0.4, -0.2) is 29.1 Å². The average Bonchev–Trinajstić information content (AvgIpc) is 2.97. The Hall–Kier alpha value is -2.55. The molecule has 1 aliphatic rings. The SMILES string of the molecule is Cc1cc(/C=C(\C#N)C(=O)OCC(=O)NC2CCCCCCC2)c(C)n1CCC(C)C. The first-order valence-electron chi connectivity index (χ1n) is 11.6. The maximum atomic E-state index is 12.4. The maximum absolute atomic E-state index is 12.4. The minimum absolute atomic E-state index is 0.0946. The van der Waals surface area contributed by atoms with Crippen molar-refractivity contribution in [3.8, 4) is 6.07 Å². The van der Waals surface area contributed by atoms with Crippen molar-refractivity contribution in [1.82, 2.24) is 9.88 Å². The number of nitrogens with one attached hydrogen (secondary N) is 1. The molecular weight excluding hydrogens is 390 g/mol. The molecule has 0 radical (unpaired) electrons. The predicted molar refractivity (Wildman–Crippen MR) is 122 cm³/mol. The molecule has 0 aliphatic heterocycles. The van der Waals surface area contributed by atoms with Crippen molar-refractivity contribution in [2.24, 2.45) is 5.92 Å². The molecule has 1 aliphatic carbocycles. The number of carbonyl (C=O) groups is 2. The molecule has 0 unspecified atom stereocenters. The van der Waals surface area contributed by atoms with E-state index in [0.717, 1.165) is 55.6 Å². The third kappa shape index (κ3) is 7.90. The van der Waals surface area contributed by atoms with Gasteiger partial charge < -0.3 is 14.6 Å². The van der Waals surface area contributed by atoms with Crippen LogP contribution >= 0.6 is 0 Å². The van der Waals surface area contributed by atoms with Gasteiger partial charge in [-0.25, -0.2) is 4.79 Å². The van der Waals surface area contributed by atoms with Crippen molar-refractivity contribution in [1.29, 1.82) is 5.26 Å². The van der Waals surface area contributed by atoms with E-state index >= 15 is 0 Å². The molecule has 0 bridgehead atoms. The van der Waals surface area contributed by atoms with Gasteiger partial charge in [-0.2, -0.15) is 5.26 Å². The smallest absolute Gasteiger partial charge is 0.349 e. The van der Waals surface area contributed by atoms with Crippen LogP contribution < -0.4 is 5.32 Å². The predicted octanol–water partition coefficient (Wildman–Crippen LogP) is 4.83. The molecule has 0 atom stereocenters. The second kappa shape index (κ2) is 12.3. The molecule has 1 saturated carbocycles. The van der Waals surface area contributed by atoms with Crippen molar-refractivity contribution in [3.63, 3.8) is 0 Å². The first-order valence-corrected chi connectivity index (χ1v) is 11.6. The number of aryl methyl sites for hydroxylation is 1. The summed E-state index contributed by atoms with van der Waals surface area (Å²) >= 11 is 0. The van der Waals surface area contributed by atoms with Gasteiger partial charge in [-0.05, 0) is 56.7 Å². The quantitative estimate of drug-likeness (QED) is 0.366. The monoisotopic (exact) mass is 427 g/mol. The van der Waals surface area contributed by atoms with Crippen molar-refractivity contribution >= 4 is 18.0 Å². The lowest BCUT2D eigenvalue weighted by atomic mass is 9.97. The van der Waals surface area contributed by atoms with E-state index in [0.29, 0.717) is 5.92 Å². The van der Waals surface area contributed by atoms with E-state index < -0.39 is 5.97 Å². The first kappa shape index (κ1) is 24.7. The number of carbonyl (C=O) groups excluding carboxylic acids is 2. The van der Waals surface area contributed by atoms with Crippen molar-refractivity contribution in [3.05, 3.63) is 28.6 Å². The molecule has 1 aromatic heterocycles. The lowest BCUT2D eigenvalue weighted by Gasteiger charge is -2.20. The molecule has 0 saturated heterocycles. The summed E-state index contributed by atoms with van der Waals surface area (Å²) in [5.74, 6) is -0.469. The summed E-state index contributed by atoms with van der Waals surface area (Å²) in [5.41, 5.74) is 2.84. The van der Waals surface area contributed by atoms with Crippen molar-refractivity contribution in [2.45, 2.75) is 91.6 Å². The summed E-state index contributed by atoms with van der Waals surface area (Å²) in [6.07, 6.45) is 10.5. The number of amides is 1. The van der Waals surface area contributed by atoms with Gasteiger partial charge in [0.25, 0.3) is 5.91 Å². The van der Waals surface area contributed by atoms with Crippen LogP contribution in [0.2, 0.25) is 0 Å². The van der Waals surface area contributed by atoms with Gasteiger partial charge in [-0.1, -0.05) is 46.0 Å². The minimum Gasteiger partial charge on any atom is -0.451 e. The van der Waals surface area contributed by atoms with Gasteiger partial charge in [0, 0.05) is 24.0 Å². The van der Waals surface area contributed by atoms with Gasteiger partial charge in [0.1, 0.15) is 11.6 Å². The van der Waals surface area contributed by atoms with E-state index in [4.69, 9.17) is 4.74 Å². The van der Waals surface area contributed by atoms with Crippen LogP contribution in [0.3, 0.4) is 0 Å². The van der Waals surface area contributed by atoms with Crippen molar-refractivity contribution < 1.29 is 14.3 Å². The number of rotatable bonds is 8. The number of nitriles is 1. The zero-order valence-electron chi connectivity index (χ0n) is 19.5. The van der Waals surface area contributed by atoms with E-state index in [1.165, 1.54) is 19.3 Å². The third-order valence-electron chi connectivity index (χ3n) is 5.99. The molecule has 1 amide bonds. The normalized spacial score (nSPS) is 15.8. The van der Waals surface area contributed by atoms with E-state index in [9.17, 15) is 14.9 Å². The average molecular weight is 428 g/mol. The standard InChI is InChI=1S/C25H37N3O3/c1-18(2)12-13-28-19(3)14-21(20(28)4)15-22(16-26)25(30)31-17-24(29)27-23-10-8-6-5-7-9-11-23/h14-15,18,23H,5-13,17H2,1-4H3,(H,27,29)/b22-15+. The Labute approximate surface area is 186 Å². The first-order chi connectivity index (χ1) is 14.8. The van der Waals surface area contributed by atoms with Gasteiger partial charge in [-0.3, -0.25) is 4.79 Å². The van der Waals surface area contributed by atoms with Gasteiger partial charge in [0.15, 0.2) is 6.61 Å². The van der Waals surface area contributed by atoms with Crippen LogP contribution in [0.15, 0.2) is 11.6 Å². The largest absolute Gasteiger partial charge is 0.451 e. The van der Waals surface area contributed by atoms with Gasteiger partial charge in [0.2, 0.25) is 0 Å². The molecular formula is C25H37N3O3. The van der Waals surface area contributed by atoms with E-state index in [1.807, 2.05) is 26.0 Å². The Morgan fingerprint density at radius 1 is 1.23 bits per heavy atom. The summed E-state index contributed by atoms with van der Waals surface area (Å²) in [7, 11) is 0. The van der Waals surface area contributed by atoms with Gasteiger partial charge in [0.05, 0.1) is 0 Å². The van der Waals surface area contributed by atoms with E-state index in [1.54, 1.807) is 6.08 Å². The Kier molecular flexibility index (Phi) is 9.84. The molecule has 6 heteroatoms. The zero-order valence-corrected chi connectivity index (χ0v) is 19.5. The molecule has 6 nitrogen and oxygen atoms in total. The highest BCUT2D eigenvalue weighted by Gasteiger charge is 2.18. The highest BCUT2D eigenvalue weighted by atomic mass is 16.5. The number of esters is 1. The van der Waals surface area contributed by atoms with E-state index in [2.05, 4.69) is 23.7 Å². The summed E-state index contributed by atoms with van der Waals surface area (Å²) in [6.45, 7) is 8.92. The van der Waals surface area contributed by atoms with Gasteiger partial charge >= 0.3 is 5.97 Å². The zero-order chi connectivity index (χ0) is 22.8. The molecule has 31 heavy (non-hydrogen) atoms. The van der Waals surface area contributed by atoms with Crippen LogP contribution in [0.5, 0.6) is 0 Å². The highest BCUT2D eigenvalue weighted by molar-refractivity contribution is 5.99. The Balaban J connectivity index is 1.95. The fourth-order valence-corrected chi connectivity index (χ4v) is 4.08. The molecule has 1 N–H and O–H groups in total. The highest BCUT2D eigenvalue weighted by Crippen LogP contribution is 2.20. The Bertz CT molecular complexity index is 822. The number of ether oxygens (including phenoxy) is 1. The number of hydrogen-bond acceptors (Lipinski definition) is 4. The number of hydrogen-bond donors (Lipinski definition) is 1. The number of nitrogens with zero attached hydrogens (tertiary/aromatic N) is 2. The van der Waals surface area contributed by atoms with Crippen LogP contribution in [-0.2, 0) is 20.9 Å². The van der Waals surface area contributed by atoms with E-state index in [-0.39, 0.29) is 24.1 Å². The summed E-state index contributed by atoms with van der Waals surface area (Å²) in [6, 6.07) is 4.04. The van der Waals surface area contributed by atoms with Crippen LogP contribution in [0.25, 0.3) is 6.08 Å². The lowest BCUT2D eigenvalue weighted by molar-refractivity contribution is -0.144. The summed E-state index contributed by atoms with van der Waals surface area (Å²) in [4.78, 5) is 24.6. The molecule has 0 spiro atoms. The summed E-state index contributed by atoms with van der Waals surface area (Å²) in [5, 5.41) is 12.4. The fourth-order valence-electron chi connectivity index (χ4n) is 4.08. The van der Waals surface area contributed by atoms with Crippen LogP contribution in [0, 0.1) is 31.1 Å². The van der Waals surface area contributed by atoms with Crippen LogP contribution in [0.1, 0.15) is 82.2 Å². The topological polar surface area (TPSA) is 84.1 Å². The van der Waals surface area contributed by atoms with Gasteiger partial charge in [-0.15, -0.1) is 0 Å². The van der Waals surface area contributed by atoms with Crippen molar-refractivity contribution in [2.75, 3.05) is 6.61 Å².